The van der Waals surface area contributed by atoms with Gasteiger partial charge < -0.3 is 20.5 Å². The molecule has 0 aromatic rings. The highest BCUT2D eigenvalue weighted by Gasteiger charge is 2.48. The predicted octanol–water partition coefficient (Wildman–Crippen LogP) is 0.0200. The summed E-state index contributed by atoms with van der Waals surface area (Å²) in [6.45, 7) is 0. The maximum atomic E-state index is 12.7. The van der Waals surface area contributed by atoms with Gasteiger partial charge in [0.1, 0.15) is 0 Å². The molecule has 15 heavy (non-hydrogen) atoms. The molecule has 0 amide bonds. The van der Waals surface area contributed by atoms with E-state index in [1.54, 1.807) is 0 Å². The largest absolute Gasteiger partial charge is 0.586 e. The van der Waals surface area contributed by atoms with Crippen molar-refractivity contribution in [3.63, 3.8) is 0 Å². The van der Waals surface area contributed by atoms with Crippen molar-refractivity contribution >= 4 is 5.96 Å². The molecule has 2 unspecified atom stereocenters. The van der Waals surface area contributed by atoms with Gasteiger partial charge in [-0.3, -0.25) is 0 Å². The lowest BCUT2D eigenvalue weighted by atomic mass is 10.0. The number of nitrogens with one attached hydrogen (secondary N) is 1. The highest BCUT2D eigenvalue weighted by molar-refractivity contribution is 5.81. The summed E-state index contributed by atoms with van der Waals surface area (Å²) in [6, 6.07) is -0.539. The summed E-state index contributed by atoms with van der Waals surface area (Å²) in [5.41, 5.74) is 5.45. The molecule has 1 saturated heterocycles. The minimum absolute atomic E-state index is 0.0153. The number of hydrogen-bond acceptors (Lipinski definition) is 5. The van der Waals surface area contributed by atoms with Crippen molar-refractivity contribution < 1.29 is 18.3 Å². The van der Waals surface area contributed by atoms with Gasteiger partial charge in [0.2, 0.25) is 0 Å². The van der Waals surface area contributed by atoms with Crippen LogP contribution in [0.25, 0.3) is 0 Å². The van der Waals surface area contributed by atoms with Crippen molar-refractivity contribution in [2.24, 2.45) is 10.7 Å². The number of guanidine groups is 1. The molecule has 0 aromatic heterocycles. The average molecular weight is 215 g/mol. The van der Waals surface area contributed by atoms with Gasteiger partial charge in [-0.15, -0.1) is 8.78 Å². The average Bonchev–Trinajstić information content (AvgIpc) is 2.55. The van der Waals surface area contributed by atoms with Crippen LogP contribution in [-0.2, 0) is 9.47 Å². The molecule has 7 heteroatoms. The topological polar surface area (TPSA) is 68.9 Å². The van der Waals surface area contributed by atoms with Crippen molar-refractivity contribution in [1.29, 1.82) is 0 Å². The number of rotatable bonds is 0. The number of fused-ring (bicyclic) bond motifs is 2. The minimum Gasteiger partial charge on any atom is -0.396 e. The van der Waals surface area contributed by atoms with Crippen LogP contribution in [0.1, 0.15) is 0 Å². The molecule has 0 bridgehead atoms. The first-order valence-corrected chi connectivity index (χ1v) is 4.33. The summed E-state index contributed by atoms with van der Waals surface area (Å²) in [7, 11) is 0. The molecule has 2 aliphatic heterocycles. The molecule has 1 aliphatic carbocycles. The fraction of sp³-hybridized carbons (Fsp3) is 0.375. The quantitative estimate of drug-likeness (QED) is 0.597. The molecule has 0 aromatic carbocycles. The molecular weight excluding hydrogens is 208 g/mol. The monoisotopic (exact) mass is 215 g/mol. The van der Waals surface area contributed by atoms with Gasteiger partial charge in [0.25, 0.3) is 0 Å². The Labute approximate surface area is 83.2 Å². The number of halogens is 2. The SMILES string of the molecule is NC1=NC2C=C3OC(F)(F)OC3=CC2N1. The van der Waals surface area contributed by atoms with Crippen LogP contribution >= 0.6 is 0 Å². The molecule has 5 nitrogen and oxygen atoms in total. The third-order valence-corrected chi connectivity index (χ3v) is 2.32. The third-order valence-electron chi connectivity index (χ3n) is 2.32. The maximum Gasteiger partial charge on any atom is 0.586 e. The first-order valence-electron chi connectivity index (χ1n) is 4.33. The van der Waals surface area contributed by atoms with Crippen LogP contribution in [0.15, 0.2) is 28.7 Å². The van der Waals surface area contributed by atoms with E-state index in [0.29, 0.717) is 0 Å². The van der Waals surface area contributed by atoms with E-state index < -0.39 is 6.29 Å². The Morgan fingerprint density at radius 2 is 2.00 bits per heavy atom. The second kappa shape index (κ2) is 2.41. The third kappa shape index (κ3) is 1.23. The van der Waals surface area contributed by atoms with Crippen LogP contribution in [0.4, 0.5) is 8.78 Å². The maximum absolute atomic E-state index is 12.7. The number of nitrogens with two attached hydrogens (primary N) is 1. The number of alkyl halides is 2. The molecule has 0 radical (unpaired) electrons. The van der Waals surface area contributed by atoms with Gasteiger partial charge in [-0.05, 0) is 12.2 Å². The molecule has 2 heterocycles. The van der Waals surface area contributed by atoms with Gasteiger partial charge in [-0.1, -0.05) is 0 Å². The van der Waals surface area contributed by atoms with Crippen molar-refractivity contribution in [1.82, 2.24) is 5.32 Å². The molecule has 2 atom stereocenters. The van der Waals surface area contributed by atoms with Crippen LogP contribution in [0.3, 0.4) is 0 Å². The highest BCUT2D eigenvalue weighted by Crippen LogP contribution is 2.39. The number of ether oxygens (including phenoxy) is 2. The van der Waals surface area contributed by atoms with Crippen LogP contribution in [0.5, 0.6) is 0 Å². The summed E-state index contributed by atoms with van der Waals surface area (Å²) in [5.74, 6) is 0.325. The molecule has 1 fully saturated rings. The molecule has 3 aliphatic rings. The lowest BCUT2D eigenvalue weighted by molar-refractivity contribution is -0.326. The summed E-state index contributed by atoms with van der Waals surface area (Å²) >= 11 is 0. The standard InChI is InChI=1S/C8H7F2N3O2/c9-8(10)14-5-1-3-4(2-6(5)15-8)13-7(11)12-3/h1-4H,(H3,11,12,13). The number of nitrogens with zero attached hydrogens (tertiary/aromatic N) is 1. The minimum atomic E-state index is -3.58. The molecule has 80 valence electrons. The van der Waals surface area contributed by atoms with Gasteiger partial charge in [0, 0.05) is 0 Å². The summed E-state index contributed by atoms with van der Waals surface area (Å²) < 4.78 is 34.0. The van der Waals surface area contributed by atoms with Gasteiger partial charge in [-0.2, -0.15) is 0 Å². The Hall–Kier alpha value is -1.79. The molecule has 3 N–H and O–H groups in total. The van der Waals surface area contributed by atoms with Crippen molar-refractivity contribution in [2.45, 2.75) is 18.4 Å². The first kappa shape index (κ1) is 8.51. The summed E-state index contributed by atoms with van der Waals surface area (Å²) in [6.07, 6.45) is -0.621. The van der Waals surface area contributed by atoms with E-state index in [0.717, 1.165) is 0 Å². The Balaban J connectivity index is 1.95. The lowest BCUT2D eigenvalue weighted by Crippen LogP contribution is -2.37. The second-order valence-corrected chi connectivity index (χ2v) is 3.40. The zero-order chi connectivity index (χ0) is 10.6. The molecule has 0 spiro atoms. The smallest absolute Gasteiger partial charge is 0.396 e. The number of aliphatic imine (C=N–C) groups is 1. The van der Waals surface area contributed by atoms with E-state index in [2.05, 4.69) is 19.8 Å². The van der Waals surface area contributed by atoms with Gasteiger partial charge >= 0.3 is 6.29 Å². The Kier molecular flexibility index (Phi) is 1.37. The van der Waals surface area contributed by atoms with Crippen LogP contribution in [0, 0.1) is 0 Å². The molecule has 3 rings (SSSR count). The van der Waals surface area contributed by atoms with Gasteiger partial charge in [0.15, 0.2) is 17.5 Å². The number of hydrogen-bond donors (Lipinski definition) is 2. The zero-order valence-electron chi connectivity index (χ0n) is 7.41. The molecular formula is C8H7F2N3O2. The van der Waals surface area contributed by atoms with E-state index >= 15 is 0 Å². The van der Waals surface area contributed by atoms with E-state index in [4.69, 9.17) is 5.73 Å². The summed E-state index contributed by atoms with van der Waals surface area (Å²) in [5, 5.41) is 2.82. The van der Waals surface area contributed by atoms with Gasteiger partial charge in [-0.25, -0.2) is 4.99 Å². The van der Waals surface area contributed by atoms with Crippen LogP contribution in [0.2, 0.25) is 0 Å². The second-order valence-electron chi connectivity index (χ2n) is 3.40. The predicted molar refractivity (Wildman–Crippen MR) is 45.6 cm³/mol. The Morgan fingerprint density at radius 3 is 2.73 bits per heavy atom. The van der Waals surface area contributed by atoms with Gasteiger partial charge in [0.05, 0.1) is 12.1 Å². The fourth-order valence-electron chi connectivity index (χ4n) is 1.74. The van der Waals surface area contributed by atoms with E-state index in [-0.39, 0.29) is 29.6 Å². The van der Waals surface area contributed by atoms with Crippen molar-refractivity contribution in [3.05, 3.63) is 23.7 Å². The Morgan fingerprint density at radius 1 is 1.33 bits per heavy atom. The highest BCUT2D eigenvalue weighted by atomic mass is 19.3. The first-order chi connectivity index (χ1) is 7.03. The van der Waals surface area contributed by atoms with E-state index in [1.165, 1.54) is 12.2 Å². The van der Waals surface area contributed by atoms with Crippen LogP contribution in [-0.4, -0.2) is 24.3 Å². The Bertz CT molecular complexity index is 416. The van der Waals surface area contributed by atoms with E-state index in [9.17, 15) is 8.78 Å². The normalized spacial score (nSPS) is 34.9. The lowest BCUT2D eigenvalue weighted by Gasteiger charge is -2.15. The van der Waals surface area contributed by atoms with Crippen molar-refractivity contribution in [2.75, 3.05) is 0 Å². The fourth-order valence-corrected chi connectivity index (χ4v) is 1.74. The molecule has 0 saturated carbocycles. The zero-order valence-corrected chi connectivity index (χ0v) is 7.41. The van der Waals surface area contributed by atoms with E-state index in [1.807, 2.05) is 0 Å². The summed E-state index contributed by atoms with van der Waals surface area (Å²) in [4.78, 5) is 4.00. The van der Waals surface area contributed by atoms with Crippen LogP contribution < -0.4 is 11.1 Å². The van der Waals surface area contributed by atoms with Crippen molar-refractivity contribution in [3.8, 4) is 0 Å².